The molecule has 3 heterocycles. The first kappa shape index (κ1) is 19.7. The molecule has 1 aromatic heterocycles. The number of anilines is 1. The lowest BCUT2D eigenvalue weighted by Crippen LogP contribution is -2.43. The number of hydrogen-bond acceptors (Lipinski definition) is 3. The van der Waals surface area contributed by atoms with Gasteiger partial charge in [0.25, 0.3) is 0 Å². The standard InChI is InChI=1S/C26H22FN3O3/c27-17-7-5-16(6-8-17)25-24-20(19-3-1-2-4-21(19)29-24)11-12-30(25)26(31)28-18-9-10-22-23(15-18)33-14-13-32-22/h1-10,15,25,29H,11-14H2,(H,28,31). The van der Waals surface area contributed by atoms with Gasteiger partial charge in [-0.3, -0.25) is 0 Å². The summed E-state index contributed by atoms with van der Waals surface area (Å²) in [6.45, 7) is 1.53. The van der Waals surface area contributed by atoms with Gasteiger partial charge in [-0.05, 0) is 47.9 Å². The van der Waals surface area contributed by atoms with Gasteiger partial charge >= 0.3 is 6.03 Å². The summed E-state index contributed by atoms with van der Waals surface area (Å²) < 4.78 is 24.9. The fourth-order valence-corrected chi connectivity index (χ4v) is 4.77. The predicted molar refractivity (Wildman–Crippen MR) is 123 cm³/mol. The second-order valence-electron chi connectivity index (χ2n) is 8.25. The van der Waals surface area contributed by atoms with Gasteiger partial charge in [0.1, 0.15) is 19.0 Å². The SMILES string of the molecule is O=C(Nc1ccc2c(c1)OCCO2)N1CCc2c([nH]c3ccccc23)C1c1ccc(F)cc1. The number of carbonyl (C=O) groups excluding carboxylic acids is 1. The first-order chi connectivity index (χ1) is 16.2. The van der Waals surface area contributed by atoms with Crippen LogP contribution in [0.5, 0.6) is 11.5 Å². The topological polar surface area (TPSA) is 66.6 Å². The lowest BCUT2D eigenvalue weighted by molar-refractivity contribution is 0.171. The number of amides is 2. The number of hydrogen-bond donors (Lipinski definition) is 2. The molecule has 2 N–H and O–H groups in total. The highest BCUT2D eigenvalue weighted by Crippen LogP contribution is 2.39. The average Bonchev–Trinajstić information content (AvgIpc) is 3.23. The molecule has 6 rings (SSSR count). The average molecular weight is 443 g/mol. The van der Waals surface area contributed by atoms with Crippen LogP contribution in [0.3, 0.4) is 0 Å². The van der Waals surface area contributed by atoms with Crippen molar-refractivity contribution in [3.8, 4) is 11.5 Å². The highest BCUT2D eigenvalue weighted by molar-refractivity contribution is 5.92. The minimum atomic E-state index is -0.362. The van der Waals surface area contributed by atoms with E-state index in [4.69, 9.17) is 9.47 Å². The summed E-state index contributed by atoms with van der Waals surface area (Å²) in [5.41, 5.74) is 4.67. The first-order valence-electron chi connectivity index (χ1n) is 11.0. The second kappa shape index (κ2) is 7.85. The maximum Gasteiger partial charge on any atom is 0.322 e. The van der Waals surface area contributed by atoms with Gasteiger partial charge in [-0.15, -0.1) is 0 Å². The number of urea groups is 1. The minimum absolute atomic E-state index is 0.231. The van der Waals surface area contributed by atoms with E-state index in [9.17, 15) is 9.18 Å². The Morgan fingerprint density at radius 2 is 1.79 bits per heavy atom. The number of nitrogens with one attached hydrogen (secondary N) is 2. The van der Waals surface area contributed by atoms with E-state index < -0.39 is 0 Å². The van der Waals surface area contributed by atoms with Gasteiger partial charge in [0.05, 0.1) is 6.04 Å². The van der Waals surface area contributed by atoms with E-state index in [1.165, 1.54) is 17.7 Å². The normalized spacial score (nSPS) is 17.0. The number of aromatic amines is 1. The zero-order chi connectivity index (χ0) is 22.4. The third-order valence-corrected chi connectivity index (χ3v) is 6.27. The molecule has 166 valence electrons. The lowest BCUT2D eigenvalue weighted by Gasteiger charge is -2.36. The Labute approximate surface area is 189 Å². The predicted octanol–water partition coefficient (Wildman–Crippen LogP) is 5.26. The number of carbonyl (C=O) groups is 1. The van der Waals surface area contributed by atoms with Crippen LogP contribution in [0.1, 0.15) is 22.9 Å². The molecule has 0 aliphatic carbocycles. The van der Waals surface area contributed by atoms with Crippen LogP contribution in [-0.2, 0) is 6.42 Å². The molecule has 0 spiro atoms. The summed E-state index contributed by atoms with van der Waals surface area (Å²) in [5, 5.41) is 4.16. The summed E-state index contributed by atoms with van der Waals surface area (Å²) in [5.74, 6) is 0.980. The Morgan fingerprint density at radius 3 is 2.64 bits per heavy atom. The van der Waals surface area contributed by atoms with E-state index in [2.05, 4.69) is 16.4 Å². The van der Waals surface area contributed by atoms with Crippen LogP contribution >= 0.6 is 0 Å². The third-order valence-electron chi connectivity index (χ3n) is 6.27. The summed E-state index contributed by atoms with van der Waals surface area (Å²) in [7, 11) is 0. The van der Waals surface area contributed by atoms with Crippen molar-refractivity contribution in [1.29, 1.82) is 0 Å². The Kier molecular flexibility index (Phi) is 4.68. The molecule has 1 atom stereocenters. The Morgan fingerprint density at radius 1 is 1.00 bits per heavy atom. The Bertz CT molecular complexity index is 1350. The van der Waals surface area contributed by atoms with E-state index in [0.717, 1.165) is 28.6 Å². The molecular weight excluding hydrogens is 421 g/mol. The molecule has 0 bridgehead atoms. The van der Waals surface area contributed by atoms with E-state index in [1.807, 2.05) is 18.2 Å². The van der Waals surface area contributed by atoms with E-state index in [0.29, 0.717) is 36.9 Å². The molecule has 0 saturated carbocycles. The number of para-hydroxylation sites is 1. The van der Waals surface area contributed by atoms with Crippen molar-refractivity contribution in [2.45, 2.75) is 12.5 Å². The van der Waals surface area contributed by atoms with E-state index >= 15 is 0 Å². The number of rotatable bonds is 2. The van der Waals surface area contributed by atoms with Crippen molar-refractivity contribution in [2.24, 2.45) is 0 Å². The monoisotopic (exact) mass is 443 g/mol. The Balaban J connectivity index is 1.37. The van der Waals surface area contributed by atoms with E-state index in [1.54, 1.807) is 35.2 Å². The molecule has 6 nitrogen and oxygen atoms in total. The quantitative estimate of drug-likeness (QED) is 0.444. The summed E-state index contributed by atoms with van der Waals surface area (Å²) >= 11 is 0. The number of ether oxygens (including phenoxy) is 2. The molecule has 2 amide bonds. The van der Waals surface area contributed by atoms with Crippen molar-refractivity contribution in [1.82, 2.24) is 9.88 Å². The molecule has 3 aromatic carbocycles. The van der Waals surface area contributed by atoms with Crippen molar-refractivity contribution in [2.75, 3.05) is 25.1 Å². The van der Waals surface area contributed by atoms with Gasteiger partial charge in [-0.2, -0.15) is 0 Å². The Hall–Kier alpha value is -4.00. The van der Waals surface area contributed by atoms with Crippen molar-refractivity contribution >= 4 is 22.6 Å². The number of fused-ring (bicyclic) bond motifs is 4. The number of halogens is 1. The van der Waals surface area contributed by atoms with Crippen LogP contribution in [-0.4, -0.2) is 35.7 Å². The van der Waals surface area contributed by atoms with Gasteiger partial charge in [-0.25, -0.2) is 9.18 Å². The molecular formula is C26H22FN3O3. The molecule has 0 radical (unpaired) electrons. The zero-order valence-corrected chi connectivity index (χ0v) is 17.8. The molecule has 0 saturated heterocycles. The molecule has 2 aliphatic rings. The molecule has 1 unspecified atom stereocenters. The highest BCUT2D eigenvalue weighted by atomic mass is 19.1. The van der Waals surface area contributed by atoms with Crippen LogP contribution < -0.4 is 14.8 Å². The van der Waals surface area contributed by atoms with Crippen molar-refractivity contribution in [3.63, 3.8) is 0 Å². The van der Waals surface area contributed by atoms with Crippen LogP contribution in [0.25, 0.3) is 10.9 Å². The smallest absolute Gasteiger partial charge is 0.322 e. The van der Waals surface area contributed by atoms with Gasteiger partial charge in [0, 0.05) is 34.9 Å². The van der Waals surface area contributed by atoms with Crippen molar-refractivity contribution < 1.29 is 18.7 Å². The van der Waals surface area contributed by atoms with Crippen molar-refractivity contribution in [3.05, 3.63) is 89.4 Å². The number of aromatic nitrogens is 1. The maximum absolute atomic E-state index is 13.7. The van der Waals surface area contributed by atoms with Crippen LogP contribution in [0.2, 0.25) is 0 Å². The molecule has 7 heteroatoms. The summed E-state index contributed by atoms with van der Waals surface area (Å²) in [6, 6.07) is 19.3. The van der Waals surface area contributed by atoms with Crippen LogP contribution in [0, 0.1) is 5.82 Å². The highest BCUT2D eigenvalue weighted by Gasteiger charge is 2.34. The van der Waals surface area contributed by atoms with Gasteiger partial charge in [0.15, 0.2) is 11.5 Å². The molecule has 2 aliphatic heterocycles. The van der Waals surface area contributed by atoms with Gasteiger partial charge < -0.3 is 24.7 Å². The summed E-state index contributed by atoms with van der Waals surface area (Å²) in [6.07, 6.45) is 0.728. The largest absolute Gasteiger partial charge is 0.486 e. The fraction of sp³-hybridized carbons (Fsp3) is 0.192. The first-order valence-corrected chi connectivity index (χ1v) is 11.0. The fourth-order valence-electron chi connectivity index (χ4n) is 4.77. The lowest BCUT2D eigenvalue weighted by atomic mass is 9.92. The number of benzene rings is 3. The molecule has 33 heavy (non-hydrogen) atoms. The maximum atomic E-state index is 13.7. The van der Waals surface area contributed by atoms with Crippen LogP contribution in [0.4, 0.5) is 14.9 Å². The van der Waals surface area contributed by atoms with E-state index in [-0.39, 0.29) is 17.9 Å². The minimum Gasteiger partial charge on any atom is -0.486 e. The van der Waals surface area contributed by atoms with Gasteiger partial charge in [-0.1, -0.05) is 30.3 Å². The number of H-pyrrole nitrogens is 1. The van der Waals surface area contributed by atoms with Gasteiger partial charge in [0.2, 0.25) is 0 Å². The molecule has 0 fully saturated rings. The molecule has 4 aromatic rings. The third kappa shape index (κ3) is 3.46. The second-order valence-corrected chi connectivity index (χ2v) is 8.25. The number of nitrogens with zero attached hydrogens (tertiary/aromatic N) is 1. The zero-order valence-electron chi connectivity index (χ0n) is 17.8. The van der Waals surface area contributed by atoms with Crippen LogP contribution in [0.15, 0.2) is 66.7 Å². The summed E-state index contributed by atoms with van der Waals surface area (Å²) in [4.78, 5) is 18.8.